The number of carbonyl (C=O) groups is 1. The smallest absolute Gasteiger partial charge is 0.326 e. The molecule has 0 amide bonds. The monoisotopic (exact) mass is 407 g/mol. The van der Waals surface area contributed by atoms with E-state index in [9.17, 15) is 9.90 Å². The van der Waals surface area contributed by atoms with E-state index in [1.807, 2.05) is 30.3 Å². The summed E-state index contributed by atoms with van der Waals surface area (Å²) in [5.41, 5.74) is 3.28. The first kappa shape index (κ1) is 17.4. The predicted octanol–water partition coefficient (Wildman–Crippen LogP) is 3.49. The van der Waals surface area contributed by atoms with Gasteiger partial charge in [0.1, 0.15) is 23.1 Å². The number of anilines is 1. The van der Waals surface area contributed by atoms with Crippen LogP contribution in [0.15, 0.2) is 30.3 Å². The summed E-state index contributed by atoms with van der Waals surface area (Å²) in [4.78, 5) is 16.6. The summed E-state index contributed by atoms with van der Waals surface area (Å²) in [5, 5.41) is 12.8. The van der Waals surface area contributed by atoms with Crippen molar-refractivity contribution >= 4 is 22.7 Å². The molecule has 0 bridgehead atoms. The lowest BCUT2D eigenvalue weighted by Gasteiger charge is -2.16. The zero-order chi connectivity index (χ0) is 20.2. The summed E-state index contributed by atoms with van der Waals surface area (Å²) in [5.74, 6) is 2.29. The number of nitrogens with zero attached hydrogens (tertiary/aromatic N) is 2. The molecule has 1 aromatic heterocycles. The number of aryl methyl sites for hydroxylation is 1. The van der Waals surface area contributed by atoms with Gasteiger partial charge in [-0.05, 0) is 43.4 Å². The number of ether oxygens (including phenoxy) is 3. The second kappa shape index (κ2) is 6.55. The highest BCUT2D eigenvalue weighted by Crippen LogP contribution is 2.44. The van der Waals surface area contributed by atoms with Crippen LogP contribution in [0.1, 0.15) is 19.3 Å². The van der Waals surface area contributed by atoms with E-state index in [4.69, 9.17) is 19.2 Å². The molecule has 0 radical (unpaired) electrons. The first-order valence-corrected chi connectivity index (χ1v) is 10.2. The lowest BCUT2D eigenvalue weighted by Crippen LogP contribution is -2.31. The van der Waals surface area contributed by atoms with Crippen LogP contribution in [0.2, 0.25) is 0 Å². The minimum Gasteiger partial charge on any atom is -0.491 e. The molecule has 1 fully saturated rings. The van der Waals surface area contributed by atoms with Crippen LogP contribution >= 0.6 is 0 Å². The van der Waals surface area contributed by atoms with Gasteiger partial charge in [0.2, 0.25) is 6.79 Å². The van der Waals surface area contributed by atoms with Crippen molar-refractivity contribution in [1.29, 1.82) is 0 Å². The Bertz CT molecular complexity index is 1170. The average molecular weight is 407 g/mol. The van der Waals surface area contributed by atoms with Crippen LogP contribution in [0.4, 0.5) is 5.69 Å². The Balaban J connectivity index is 1.49. The topological polar surface area (TPSA) is 94.8 Å². The SMILES string of the molecule is O=C(O)[C@@H](Nc1cc2c3c(c1)nc(-c1cccc4c1OCO4)n3CCCO2)C1CC1. The van der Waals surface area contributed by atoms with Crippen LogP contribution < -0.4 is 19.5 Å². The first-order valence-electron chi connectivity index (χ1n) is 10.2. The van der Waals surface area contributed by atoms with E-state index in [0.29, 0.717) is 23.8 Å². The number of carboxylic acids is 1. The average Bonchev–Trinajstić information content (AvgIpc) is 3.40. The lowest BCUT2D eigenvalue weighted by atomic mass is 10.1. The molecule has 0 unspecified atom stereocenters. The highest BCUT2D eigenvalue weighted by Gasteiger charge is 2.36. The van der Waals surface area contributed by atoms with Crippen LogP contribution in [-0.2, 0) is 11.3 Å². The van der Waals surface area contributed by atoms with Gasteiger partial charge in [0.05, 0.1) is 17.7 Å². The van der Waals surface area contributed by atoms with Gasteiger partial charge in [-0.25, -0.2) is 9.78 Å². The molecule has 154 valence electrons. The van der Waals surface area contributed by atoms with Crippen LogP contribution in [0, 0.1) is 5.92 Å². The number of rotatable bonds is 5. The third kappa shape index (κ3) is 2.74. The summed E-state index contributed by atoms with van der Waals surface area (Å²) in [6.07, 6.45) is 2.73. The normalized spacial score (nSPS) is 18.0. The molecule has 8 nitrogen and oxygen atoms in total. The molecule has 30 heavy (non-hydrogen) atoms. The van der Waals surface area contributed by atoms with Gasteiger partial charge >= 0.3 is 5.97 Å². The van der Waals surface area contributed by atoms with Crippen molar-refractivity contribution in [2.24, 2.45) is 5.92 Å². The van der Waals surface area contributed by atoms with Crippen molar-refractivity contribution < 1.29 is 24.1 Å². The molecule has 0 spiro atoms. The zero-order valence-corrected chi connectivity index (χ0v) is 16.3. The summed E-state index contributed by atoms with van der Waals surface area (Å²) in [6, 6.07) is 9.01. The van der Waals surface area contributed by atoms with E-state index < -0.39 is 12.0 Å². The van der Waals surface area contributed by atoms with Gasteiger partial charge in [0, 0.05) is 18.3 Å². The van der Waals surface area contributed by atoms with Gasteiger partial charge in [-0.15, -0.1) is 0 Å². The Hall–Kier alpha value is -3.42. The number of para-hydroxylation sites is 1. The van der Waals surface area contributed by atoms with Gasteiger partial charge in [-0.1, -0.05) is 6.07 Å². The molecule has 1 saturated carbocycles. The van der Waals surface area contributed by atoms with Crippen LogP contribution in [-0.4, -0.2) is 40.1 Å². The molecule has 1 aliphatic carbocycles. The highest BCUT2D eigenvalue weighted by molar-refractivity contribution is 5.91. The Morgan fingerprint density at radius 2 is 2.10 bits per heavy atom. The van der Waals surface area contributed by atoms with E-state index in [1.165, 1.54) is 0 Å². The molecule has 6 rings (SSSR count). The third-order valence-electron chi connectivity index (χ3n) is 5.91. The number of benzene rings is 2. The Labute approximate surface area is 172 Å². The van der Waals surface area contributed by atoms with E-state index in [1.54, 1.807) is 0 Å². The third-order valence-corrected chi connectivity index (χ3v) is 5.91. The number of hydrogen-bond acceptors (Lipinski definition) is 6. The number of aromatic nitrogens is 2. The second-order valence-electron chi connectivity index (χ2n) is 7.97. The molecule has 2 aromatic carbocycles. The van der Waals surface area contributed by atoms with E-state index >= 15 is 0 Å². The van der Waals surface area contributed by atoms with Crippen molar-refractivity contribution in [3.05, 3.63) is 30.3 Å². The maximum Gasteiger partial charge on any atom is 0.326 e. The number of imidazole rings is 1. The fourth-order valence-electron chi connectivity index (χ4n) is 4.35. The standard InChI is InChI=1S/C22H21N3O5/c26-22(27)18(12-5-6-12)23-13-9-15-19-17(10-13)28-8-2-7-25(19)21(24-15)14-3-1-4-16-20(14)30-11-29-16/h1,3-4,9-10,12,18,23H,2,5-8,11H2,(H,26,27)/t18-/m0/s1. The Morgan fingerprint density at radius 3 is 2.93 bits per heavy atom. The maximum atomic E-state index is 11.7. The molecule has 3 heterocycles. The van der Waals surface area contributed by atoms with Gasteiger partial charge in [0.25, 0.3) is 0 Å². The molecular weight excluding hydrogens is 386 g/mol. The molecule has 2 N–H and O–H groups in total. The first-order chi connectivity index (χ1) is 14.7. The quantitative estimate of drug-likeness (QED) is 0.668. The highest BCUT2D eigenvalue weighted by atomic mass is 16.7. The molecule has 0 saturated heterocycles. The fraction of sp³-hybridized carbons (Fsp3) is 0.364. The zero-order valence-electron chi connectivity index (χ0n) is 16.3. The van der Waals surface area contributed by atoms with E-state index in [-0.39, 0.29) is 12.7 Å². The summed E-state index contributed by atoms with van der Waals surface area (Å²) >= 11 is 0. The molecule has 3 aromatic rings. The summed E-state index contributed by atoms with van der Waals surface area (Å²) < 4.78 is 19.4. The summed E-state index contributed by atoms with van der Waals surface area (Å²) in [6.45, 7) is 1.57. The van der Waals surface area contributed by atoms with E-state index in [0.717, 1.165) is 54.0 Å². The number of hydrogen-bond donors (Lipinski definition) is 2. The Kier molecular flexibility index (Phi) is 3.81. The van der Waals surface area contributed by atoms with E-state index in [2.05, 4.69) is 9.88 Å². The lowest BCUT2D eigenvalue weighted by molar-refractivity contribution is -0.138. The van der Waals surface area contributed by atoms with Crippen molar-refractivity contribution in [2.45, 2.75) is 31.8 Å². The second-order valence-corrected chi connectivity index (χ2v) is 7.97. The molecule has 3 aliphatic rings. The minimum atomic E-state index is -0.826. The molecular formula is C22H21N3O5. The van der Waals surface area contributed by atoms with Crippen LogP contribution in [0.5, 0.6) is 17.2 Å². The number of carboxylic acid groups (broad SMARTS) is 1. The van der Waals surface area contributed by atoms with Crippen molar-refractivity contribution in [1.82, 2.24) is 9.55 Å². The van der Waals surface area contributed by atoms with Gasteiger partial charge in [0.15, 0.2) is 11.5 Å². The molecule has 1 atom stereocenters. The number of nitrogens with one attached hydrogen (secondary N) is 1. The summed E-state index contributed by atoms with van der Waals surface area (Å²) in [7, 11) is 0. The van der Waals surface area contributed by atoms with Crippen molar-refractivity contribution in [3.8, 4) is 28.6 Å². The van der Waals surface area contributed by atoms with Gasteiger partial charge < -0.3 is 29.2 Å². The van der Waals surface area contributed by atoms with Crippen molar-refractivity contribution in [3.63, 3.8) is 0 Å². The number of fused-ring (bicyclic) bond motifs is 1. The molecule has 2 aliphatic heterocycles. The number of aliphatic carboxylic acids is 1. The minimum absolute atomic E-state index is 0.176. The predicted molar refractivity (Wildman–Crippen MR) is 109 cm³/mol. The van der Waals surface area contributed by atoms with Crippen LogP contribution in [0.3, 0.4) is 0 Å². The van der Waals surface area contributed by atoms with Gasteiger partial charge in [-0.2, -0.15) is 0 Å². The molecule has 8 heteroatoms. The van der Waals surface area contributed by atoms with Crippen molar-refractivity contribution in [2.75, 3.05) is 18.7 Å². The fourth-order valence-corrected chi connectivity index (χ4v) is 4.35. The Morgan fingerprint density at radius 1 is 1.20 bits per heavy atom. The van der Waals surface area contributed by atoms with Gasteiger partial charge in [-0.3, -0.25) is 0 Å². The van der Waals surface area contributed by atoms with Crippen LogP contribution in [0.25, 0.3) is 22.4 Å². The largest absolute Gasteiger partial charge is 0.491 e. The maximum absolute atomic E-state index is 11.7.